The third kappa shape index (κ3) is 7.01. The molecule has 0 radical (unpaired) electrons. The monoisotopic (exact) mass is 623 g/mol. The Morgan fingerprint density at radius 3 is 2.42 bits per heavy atom. The summed E-state index contributed by atoms with van der Waals surface area (Å²) in [4.78, 5) is 14.9. The van der Waals surface area contributed by atoms with Crippen molar-refractivity contribution in [3.63, 3.8) is 0 Å². The highest BCUT2D eigenvalue weighted by Gasteiger charge is 2.29. The molecule has 3 nitrogen and oxygen atoms in total. The lowest BCUT2D eigenvalue weighted by Crippen LogP contribution is -2.16. The molecular weight excluding hydrogens is 583 g/mol. The first-order valence-electron chi connectivity index (χ1n) is 16.6. The summed E-state index contributed by atoms with van der Waals surface area (Å²) >= 11 is 0. The molecule has 0 N–H and O–H groups in total. The molecule has 0 saturated carbocycles. The van der Waals surface area contributed by atoms with E-state index >= 15 is 0 Å². The molecule has 4 aromatic rings. The molecule has 0 aliphatic heterocycles. The zero-order valence-corrected chi connectivity index (χ0v) is 27.8. The van der Waals surface area contributed by atoms with Gasteiger partial charge in [-0.2, -0.15) is 0 Å². The first kappa shape index (κ1) is 32.3. The van der Waals surface area contributed by atoms with Gasteiger partial charge in [0, 0.05) is 52.2 Å². The molecule has 3 heterocycles. The number of hydrogen-bond acceptors (Lipinski definition) is 3. The minimum atomic E-state index is -0.00498. The molecule has 2 aliphatic rings. The van der Waals surface area contributed by atoms with E-state index in [2.05, 4.69) is 135 Å². The summed E-state index contributed by atoms with van der Waals surface area (Å²) in [5.74, 6) is 0.0145. The van der Waals surface area contributed by atoms with Crippen LogP contribution in [-0.4, -0.2) is 15.0 Å². The van der Waals surface area contributed by atoms with Gasteiger partial charge in [0.25, 0.3) is 0 Å². The highest BCUT2D eigenvalue weighted by Crippen LogP contribution is 2.43. The van der Waals surface area contributed by atoms with Crippen molar-refractivity contribution < 1.29 is 0 Å². The number of hydrogen-bond donors (Lipinski definition) is 0. The van der Waals surface area contributed by atoms with Crippen LogP contribution >= 0.6 is 0 Å². The van der Waals surface area contributed by atoms with Crippen molar-refractivity contribution in [3.05, 3.63) is 198 Å². The molecule has 3 aromatic heterocycles. The van der Waals surface area contributed by atoms with Gasteiger partial charge in [-0.1, -0.05) is 129 Å². The molecule has 0 saturated heterocycles. The van der Waals surface area contributed by atoms with Gasteiger partial charge in [-0.3, -0.25) is 9.97 Å². The van der Waals surface area contributed by atoms with Gasteiger partial charge in [0.1, 0.15) is 0 Å². The third-order valence-corrected chi connectivity index (χ3v) is 8.94. The van der Waals surface area contributed by atoms with Gasteiger partial charge < -0.3 is 0 Å². The second-order valence-corrected chi connectivity index (χ2v) is 12.0. The van der Waals surface area contributed by atoms with Gasteiger partial charge >= 0.3 is 0 Å². The second kappa shape index (κ2) is 15.3. The van der Waals surface area contributed by atoms with Crippen molar-refractivity contribution in [1.29, 1.82) is 0 Å². The maximum atomic E-state index is 5.56. The molecule has 2 aliphatic carbocycles. The first-order valence-corrected chi connectivity index (χ1v) is 16.6. The summed E-state index contributed by atoms with van der Waals surface area (Å²) in [7, 11) is 0. The molecule has 236 valence electrons. The molecule has 0 fully saturated rings. The van der Waals surface area contributed by atoms with Crippen molar-refractivity contribution >= 4 is 11.6 Å². The molecule has 48 heavy (non-hydrogen) atoms. The minimum absolute atomic E-state index is 0.00498. The highest BCUT2D eigenvalue weighted by atomic mass is 14.7. The molecule has 1 aromatic carbocycles. The number of pyridine rings is 3. The lowest BCUT2D eigenvalue weighted by Gasteiger charge is -2.28. The van der Waals surface area contributed by atoms with Crippen LogP contribution in [0.15, 0.2) is 165 Å². The van der Waals surface area contributed by atoms with Crippen LogP contribution in [0.2, 0.25) is 0 Å². The lowest BCUT2D eigenvalue weighted by atomic mass is 9.77. The van der Waals surface area contributed by atoms with Gasteiger partial charge in [0.05, 0.1) is 17.1 Å². The number of fused-ring (bicyclic) bond motifs is 1. The van der Waals surface area contributed by atoms with Crippen molar-refractivity contribution in [2.45, 2.75) is 32.6 Å². The van der Waals surface area contributed by atoms with Crippen LogP contribution in [0.25, 0.3) is 34.2 Å². The third-order valence-electron chi connectivity index (χ3n) is 8.94. The fourth-order valence-electron chi connectivity index (χ4n) is 6.48. The molecule has 3 heteroatoms. The predicted molar refractivity (Wildman–Crippen MR) is 203 cm³/mol. The fraction of sp³-hybridized carbons (Fsp3) is 0.133. The highest BCUT2D eigenvalue weighted by molar-refractivity contribution is 5.89. The van der Waals surface area contributed by atoms with Crippen molar-refractivity contribution in [2.24, 2.45) is 5.92 Å². The smallest absolute Gasteiger partial charge is 0.0787 e. The maximum Gasteiger partial charge on any atom is 0.0787 e. The zero-order valence-electron chi connectivity index (χ0n) is 27.8. The van der Waals surface area contributed by atoms with Gasteiger partial charge in [-0.15, -0.1) is 0 Å². The Bertz CT molecular complexity index is 2030. The van der Waals surface area contributed by atoms with Gasteiger partial charge in [0.15, 0.2) is 0 Å². The standard InChI is InChI=1S/C45H41N3/c1-5-7-19-35-31-41(36(20-8-6-2)30-40(35)43-25-17-24-42(47-43)34-26-28-46-29-27-34)45-39-23-14-12-10-9-11-13-22-38(39)33(4)44(48-45)37-21-16-15-18-32(37)3/h5-11,13-21,23-31,35,40H,1-2,12,22H2,3-4H3/b10-9-,13-11-,19-7-,20-8-,23-14-. The Labute approximate surface area is 285 Å². The summed E-state index contributed by atoms with van der Waals surface area (Å²) in [5.41, 5.74) is 13.2. The topological polar surface area (TPSA) is 38.7 Å². The SMILES string of the molecule is C=C/C=C\C1=CC(c2cccc(-c3ccncc3)n2)C(/C=C\C=C)C=C1c1nc(-c2ccccc2C)c(C)c2c1/C=C\C/C=C\C=C/C2. The summed E-state index contributed by atoms with van der Waals surface area (Å²) in [6, 6.07) is 18.8. The van der Waals surface area contributed by atoms with Crippen molar-refractivity contribution in [3.8, 4) is 22.5 Å². The number of aryl methyl sites for hydroxylation is 1. The fourth-order valence-corrected chi connectivity index (χ4v) is 6.48. The van der Waals surface area contributed by atoms with E-state index in [0.29, 0.717) is 0 Å². The Balaban J connectivity index is 1.59. The van der Waals surface area contributed by atoms with E-state index in [9.17, 15) is 0 Å². The summed E-state index contributed by atoms with van der Waals surface area (Å²) in [6.45, 7) is 12.4. The van der Waals surface area contributed by atoms with Crippen LogP contribution in [0.5, 0.6) is 0 Å². The largest absolute Gasteiger partial charge is 0.265 e. The Morgan fingerprint density at radius 1 is 0.792 bits per heavy atom. The van der Waals surface area contributed by atoms with Gasteiger partial charge in [0.2, 0.25) is 0 Å². The molecule has 0 spiro atoms. The predicted octanol–water partition coefficient (Wildman–Crippen LogP) is 11.1. The quantitative estimate of drug-likeness (QED) is 0.183. The number of benzene rings is 1. The van der Waals surface area contributed by atoms with E-state index in [1.165, 1.54) is 16.7 Å². The van der Waals surface area contributed by atoms with E-state index in [4.69, 9.17) is 9.97 Å². The van der Waals surface area contributed by atoms with Crippen LogP contribution in [-0.2, 0) is 6.42 Å². The van der Waals surface area contributed by atoms with Crippen LogP contribution in [0, 0.1) is 19.8 Å². The second-order valence-electron chi connectivity index (χ2n) is 12.0. The van der Waals surface area contributed by atoms with Crippen LogP contribution in [0.1, 0.15) is 46.0 Å². The first-order chi connectivity index (χ1) is 23.6. The maximum absolute atomic E-state index is 5.56. The summed E-state index contributed by atoms with van der Waals surface area (Å²) in [6.07, 6.45) is 35.3. The molecule has 2 unspecified atom stereocenters. The van der Waals surface area contributed by atoms with Crippen LogP contribution < -0.4 is 0 Å². The van der Waals surface area contributed by atoms with E-state index in [0.717, 1.165) is 63.5 Å². The number of nitrogens with zero attached hydrogens (tertiary/aromatic N) is 3. The average molecular weight is 624 g/mol. The van der Waals surface area contributed by atoms with Crippen LogP contribution in [0.4, 0.5) is 0 Å². The van der Waals surface area contributed by atoms with E-state index in [-0.39, 0.29) is 11.8 Å². The van der Waals surface area contributed by atoms with Crippen LogP contribution in [0.3, 0.4) is 0 Å². The Hall–Kier alpha value is -5.67. The number of aromatic nitrogens is 3. The number of allylic oxidation sites excluding steroid dienone is 15. The summed E-state index contributed by atoms with van der Waals surface area (Å²) in [5, 5.41) is 0. The van der Waals surface area contributed by atoms with E-state index in [1.54, 1.807) is 0 Å². The lowest BCUT2D eigenvalue weighted by molar-refractivity contribution is 0.679. The molecule has 0 bridgehead atoms. The molecule has 2 atom stereocenters. The minimum Gasteiger partial charge on any atom is -0.265 e. The average Bonchev–Trinajstić information content (AvgIpc) is 3.13. The Kier molecular flexibility index (Phi) is 10.3. The normalized spacial score (nSPS) is 19.6. The van der Waals surface area contributed by atoms with E-state index in [1.807, 2.05) is 48.8 Å². The van der Waals surface area contributed by atoms with Gasteiger partial charge in [-0.25, -0.2) is 4.98 Å². The van der Waals surface area contributed by atoms with Crippen molar-refractivity contribution in [1.82, 2.24) is 15.0 Å². The molecule has 0 amide bonds. The number of rotatable bonds is 8. The van der Waals surface area contributed by atoms with Gasteiger partial charge in [-0.05, 0) is 73.2 Å². The summed E-state index contributed by atoms with van der Waals surface area (Å²) < 4.78 is 0. The molecule has 6 rings (SSSR count). The van der Waals surface area contributed by atoms with Crippen molar-refractivity contribution in [2.75, 3.05) is 0 Å². The molecular formula is C45H41N3. The zero-order chi connectivity index (χ0) is 33.3. The van der Waals surface area contributed by atoms with E-state index < -0.39 is 0 Å². The Morgan fingerprint density at radius 2 is 1.60 bits per heavy atom.